The van der Waals surface area contributed by atoms with Gasteiger partial charge in [0.15, 0.2) is 0 Å². The van der Waals surface area contributed by atoms with Crippen molar-refractivity contribution in [3.63, 3.8) is 0 Å². The molecule has 106 valence electrons. The standard InChI is InChI=1S/C15H19N3O2/c1-11(2)13-5-3-12(4-6-13)10-20-15(19)9-18-8-14(16)7-17-18/h3-8,11H,9-10,16H2,1-2H3. The second kappa shape index (κ2) is 6.23. The Hall–Kier alpha value is -2.30. The molecule has 5 heteroatoms. The molecule has 0 unspecified atom stereocenters. The number of nitrogens with two attached hydrogens (primary N) is 1. The summed E-state index contributed by atoms with van der Waals surface area (Å²) >= 11 is 0. The number of anilines is 1. The average Bonchev–Trinajstić information content (AvgIpc) is 2.82. The zero-order valence-corrected chi connectivity index (χ0v) is 11.7. The first-order chi connectivity index (χ1) is 9.54. The van der Waals surface area contributed by atoms with Crippen LogP contribution in [0.4, 0.5) is 5.69 Å². The zero-order valence-electron chi connectivity index (χ0n) is 11.7. The molecular formula is C15H19N3O2. The van der Waals surface area contributed by atoms with Gasteiger partial charge in [-0.25, -0.2) is 0 Å². The number of esters is 1. The molecule has 0 saturated heterocycles. The maximum Gasteiger partial charge on any atom is 0.328 e. The van der Waals surface area contributed by atoms with Crippen molar-refractivity contribution >= 4 is 11.7 Å². The van der Waals surface area contributed by atoms with Crippen molar-refractivity contribution in [2.24, 2.45) is 0 Å². The van der Waals surface area contributed by atoms with E-state index >= 15 is 0 Å². The molecule has 1 aromatic carbocycles. The lowest BCUT2D eigenvalue weighted by atomic mass is 10.0. The van der Waals surface area contributed by atoms with Crippen molar-refractivity contribution in [2.45, 2.75) is 32.9 Å². The van der Waals surface area contributed by atoms with Crippen molar-refractivity contribution < 1.29 is 9.53 Å². The Morgan fingerprint density at radius 3 is 2.60 bits per heavy atom. The Bertz CT molecular complexity index is 573. The van der Waals surface area contributed by atoms with Crippen molar-refractivity contribution in [3.05, 3.63) is 47.8 Å². The van der Waals surface area contributed by atoms with Crippen LogP contribution < -0.4 is 5.73 Å². The highest BCUT2D eigenvalue weighted by atomic mass is 16.5. The van der Waals surface area contributed by atoms with Gasteiger partial charge < -0.3 is 10.5 Å². The smallest absolute Gasteiger partial charge is 0.328 e. The van der Waals surface area contributed by atoms with E-state index in [2.05, 4.69) is 31.1 Å². The molecular weight excluding hydrogens is 254 g/mol. The molecule has 0 atom stereocenters. The molecule has 0 bridgehead atoms. The number of hydrogen-bond acceptors (Lipinski definition) is 4. The number of nitrogens with zero attached hydrogens (tertiary/aromatic N) is 2. The highest BCUT2D eigenvalue weighted by molar-refractivity contribution is 5.69. The minimum Gasteiger partial charge on any atom is -0.459 e. The summed E-state index contributed by atoms with van der Waals surface area (Å²) in [7, 11) is 0. The van der Waals surface area contributed by atoms with Crippen molar-refractivity contribution in [1.82, 2.24) is 9.78 Å². The molecule has 2 N–H and O–H groups in total. The summed E-state index contributed by atoms with van der Waals surface area (Å²) in [5, 5.41) is 3.93. The Morgan fingerprint density at radius 2 is 2.05 bits per heavy atom. The van der Waals surface area contributed by atoms with Crippen LogP contribution in [-0.4, -0.2) is 15.7 Å². The molecule has 0 aliphatic heterocycles. The predicted molar refractivity (Wildman–Crippen MR) is 77.0 cm³/mol. The Kier molecular flexibility index (Phi) is 4.40. The highest BCUT2D eigenvalue weighted by Crippen LogP contribution is 2.15. The van der Waals surface area contributed by atoms with Crippen LogP contribution in [0.15, 0.2) is 36.7 Å². The second-order valence-electron chi connectivity index (χ2n) is 5.03. The summed E-state index contributed by atoms with van der Waals surface area (Å²) in [5.74, 6) is 0.165. The number of benzene rings is 1. The van der Waals surface area contributed by atoms with Gasteiger partial charge in [0.05, 0.1) is 11.9 Å². The topological polar surface area (TPSA) is 70.1 Å². The van der Waals surface area contributed by atoms with E-state index in [9.17, 15) is 4.79 Å². The molecule has 1 aromatic heterocycles. The van der Waals surface area contributed by atoms with Crippen LogP contribution in [0.1, 0.15) is 30.9 Å². The number of rotatable bonds is 5. The molecule has 0 saturated carbocycles. The first-order valence-corrected chi connectivity index (χ1v) is 6.57. The summed E-state index contributed by atoms with van der Waals surface area (Å²) in [6.45, 7) is 4.63. The van der Waals surface area contributed by atoms with Crippen LogP contribution in [0.25, 0.3) is 0 Å². The minimum absolute atomic E-state index is 0.0707. The fourth-order valence-electron chi connectivity index (χ4n) is 1.81. The molecule has 0 spiro atoms. The largest absolute Gasteiger partial charge is 0.459 e. The van der Waals surface area contributed by atoms with E-state index < -0.39 is 0 Å². The molecule has 20 heavy (non-hydrogen) atoms. The van der Waals surface area contributed by atoms with Crippen LogP contribution in [0.2, 0.25) is 0 Å². The number of carbonyl (C=O) groups is 1. The summed E-state index contributed by atoms with van der Waals surface area (Å²) in [6.07, 6.45) is 3.09. The van der Waals surface area contributed by atoms with Gasteiger partial charge in [0.25, 0.3) is 0 Å². The van der Waals surface area contributed by atoms with Crippen LogP contribution in [-0.2, 0) is 22.7 Å². The first-order valence-electron chi connectivity index (χ1n) is 6.57. The Labute approximate surface area is 118 Å². The third-order valence-corrected chi connectivity index (χ3v) is 2.99. The van der Waals surface area contributed by atoms with E-state index in [1.54, 1.807) is 6.20 Å². The highest BCUT2D eigenvalue weighted by Gasteiger charge is 2.06. The zero-order chi connectivity index (χ0) is 14.5. The Morgan fingerprint density at radius 1 is 1.35 bits per heavy atom. The van der Waals surface area contributed by atoms with Gasteiger partial charge in [0.2, 0.25) is 0 Å². The van der Waals surface area contributed by atoms with Crippen molar-refractivity contribution in [1.29, 1.82) is 0 Å². The minimum atomic E-state index is -0.332. The van der Waals surface area contributed by atoms with Gasteiger partial charge in [-0.2, -0.15) is 5.10 Å². The summed E-state index contributed by atoms with van der Waals surface area (Å²) in [6, 6.07) is 8.08. The van der Waals surface area contributed by atoms with Crippen molar-refractivity contribution in [3.8, 4) is 0 Å². The van der Waals surface area contributed by atoms with Crippen LogP contribution in [0, 0.1) is 0 Å². The maximum atomic E-state index is 11.6. The van der Waals surface area contributed by atoms with Gasteiger partial charge in [-0.05, 0) is 17.0 Å². The van der Waals surface area contributed by atoms with E-state index in [0.717, 1.165) is 5.56 Å². The van der Waals surface area contributed by atoms with E-state index in [1.807, 2.05) is 12.1 Å². The van der Waals surface area contributed by atoms with Gasteiger partial charge in [0.1, 0.15) is 13.2 Å². The van der Waals surface area contributed by atoms with E-state index in [0.29, 0.717) is 11.6 Å². The first kappa shape index (κ1) is 14.1. The molecule has 1 heterocycles. The summed E-state index contributed by atoms with van der Waals surface area (Å²) < 4.78 is 6.66. The molecule has 2 rings (SSSR count). The molecule has 0 fully saturated rings. The molecule has 0 radical (unpaired) electrons. The maximum absolute atomic E-state index is 11.6. The number of ether oxygens (including phenoxy) is 1. The average molecular weight is 273 g/mol. The van der Waals surface area contributed by atoms with E-state index in [1.165, 1.54) is 16.4 Å². The van der Waals surface area contributed by atoms with Crippen LogP contribution >= 0.6 is 0 Å². The van der Waals surface area contributed by atoms with Crippen molar-refractivity contribution in [2.75, 3.05) is 5.73 Å². The van der Waals surface area contributed by atoms with E-state index in [4.69, 9.17) is 10.5 Å². The second-order valence-corrected chi connectivity index (χ2v) is 5.03. The molecule has 0 aliphatic carbocycles. The van der Waals surface area contributed by atoms with E-state index in [-0.39, 0.29) is 19.1 Å². The number of hydrogen-bond donors (Lipinski definition) is 1. The lowest BCUT2D eigenvalue weighted by molar-refractivity contribution is -0.145. The van der Waals surface area contributed by atoms with Gasteiger partial charge in [0, 0.05) is 6.20 Å². The third-order valence-electron chi connectivity index (χ3n) is 2.99. The molecule has 0 amide bonds. The number of aromatic nitrogens is 2. The van der Waals surface area contributed by atoms with Gasteiger partial charge in [-0.3, -0.25) is 9.48 Å². The van der Waals surface area contributed by atoms with Gasteiger partial charge in [-0.15, -0.1) is 0 Å². The SMILES string of the molecule is CC(C)c1ccc(COC(=O)Cn2cc(N)cn2)cc1. The Balaban J connectivity index is 1.83. The summed E-state index contributed by atoms with van der Waals surface area (Å²) in [4.78, 5) is 11.6. The lowest BCUT2D eigenvalue weighted by Crippen LogP contribution is -2.13. The number of nitrogen functional groups attached to an aromatic ring is 1. The summed E-state index contributed by atoms with van der Waals surface area (Å²) in [5.41, 5.74) is 8.30. The normalized spacial score (nSPS) is 10.8. The van der Waals surface area contributed by atoms with Crippen LogP contribution in [0.3, 0.4) is 0 Å². The molecule has 2 aromatic rings. The number of carbonyl (C=O) groups excluding carboxylic acids is 1. The quantitative estimate of drug-likeness (QED) is 0.849. The van der Waals surface area contributed by atoms with Gasteiger partial charge >= 0.3 is 5.97 Å². The molecule has 5 nitrogen and oxygen atoms in total. The fourth-order valence-corrected chi connectivity index (χ4v) is 1.81. The monoisotopic (exact) mass is 273 g/mol. The molecule has 0 aliphatic rings. The predicted octanol–water partition coefficient (Wildman–Crippen LogP) is 2.33. The van der Waals surface area contributed by atoms with Gasteiger partial charge in [-0.1, -0.05) is 38.1 Å². The lowest BCUT2D eigenvalue weighted by Gasteiger charge is -2.08. The third kappa shape index (κ3) is 3.85. The fraction of sp³-hybridized carbons (Fsp3) is 0.333. The van der Waals surface area contributed by atoms with Crippen LogP contribution in [0.5, 0.6) is 0 Å².